The van der Waals surface area contributed by atoms with Crippen LogP contribution in [-0.2, 0) is 0 Å². The Kier molecular flexibility index (Phi) is 5.83. The quantitative estimate of drug-likeness (QED) is 0.845. The molecule has 6 nitrogen and oxygen atoms in total. The topological polar surface area (TPSA) is 81.7 Å². The Labute approximate surface area is 161 Å². The van der Waals surface area contributed by atoms with E-state index in [0.717, 1.165) is 31.5 Å². The lowest BCUT2D eigenvalue weighted by molar-refractivity contribution is 0.293. The van der Waals surface area contributed by atoms with Crippen LogP contribution in [0.3, 0.4) is 0 Å². The molecule has 2 aliphatic rings. The Hall–Kier alpha value is -1.79. The standard InChI is InChI=1S/C21H32N6/c1-15-7-5-6-10-19(15)20(23-17-13-11-16(22)12-14-17)21-24-25-26-27(21)18-8-3-2-4-9-18/h5-7,10,16-18,20,23H,2-4,8-9,11-14,22H2,1H3. The number of benzene rings is 1. The molecule has 146 valence electrons. The first-order valence-electron chi connectivity index (χ1n) is 10.6. The molecule has 0 saturated heterocycles. The number of hydrogen-bond donors (Lipinski definition) is 2. The van der Waals surface area contributed by atoms with E-state index in [2.05, 4.69) is 56.7 Å². The molecule has 1 unspecified atom stereocenters. The number of aryl methyl sites for hydroxylation is 1. The Morgan fingerprint density at radius 1 is 1.04 bits per heavy atom. The third-order valence-corrected chi connectivity index (χ3v) is 6.37. The van der Waals surface area contributed by atoms with E-state index in [4.69, 9.17) is 5.73 Å². The molecular formula is C21H32N6. The van der Waals surface area contributed by atoms with Gasteiger partial charge in [0.2, 0.25) is 0 Å². The second-order valence-corrected chi connectivity index (χ2v) is 8.34. The maximum atomic E-state index is 6.11. The zero-order chi connectivity index (χ0) is 18.6. The summed E-state index contributed by atoms with van der Waals surface area (Å²) in [6, 6.07) is 9.87. The fourth-order valence-corrected chi connectivity index (χ4v) is 4.71. The van der Waals surface area contributed by atoms with Crippen molar-refractivity contribution in [3.05, 3.63) is 41.2 Å². The maximum absolute atomic E-state index is 6.11. The van der Waals surface area contributed by atoms with Crippen molar-refractivity contribution in [1.82, 2.24) is 25.5 Å². The SMILES string of the molecule is Cc1ccccc1C(NC1CCC(N)CC1)c1nnnn1C1CCCCC1. The molecule has 0 bridgehead atoms. The fraction of sp³-hybridized carbons (Fsp3) is 0.667. The number of tetrazole rings is 1. The lowest BCUT2D eigenvalue weighted by Crippen LogP contribution is -2.40. The normalized spacial score (nSPS) is 25.4. The van der Waals surface area contributed by atoms with Gasteiger partial charge in [0.05, 0.1) is 12.1 Å². The van der Waals surface area contributed by atoms with Gasteiger partial charge in [-0.15, -0.1) is 5.10 Å². The summed E-state index contributed by atoms with van der Waals surface area (Å²) in [7, 11) is 0. The summed E-state index contributed by atoms with van der Waals surface area (Å²) >= 11 is 0. The van der Waals surface area contributed by atoms with Crippen LogP contribution in [0.15, 0.2) is 24.3 Å². The summed E-state index contributed by atoms with van der Waals surface area (Å²) < 4.78 is 2.11. The van der Waals surface area contributed by atoms with Crippen LogP contribution in [0.4, 0.5) is 0 Å². The minimum absolute atomic E-state index is 0.0300. The van der Waals surface area contributed by atoms with Gasteiger partial charge >= 0.3 is 0 Å². The van der Waals surface area contributed by atoms with E-state index in [0.29, 0.717) is 18.1 Å². The van der Waals surface area contributed by atoms with Crippen molar-refractivity contribution in [3.8, 4) is 0 Å². The lowest BCUT2D eigenvalue weighted by atomic mass is 9.90. The monoisotopic (exact) mass is 368 g/mol. The second kappa shape index (κ2) is 8.48. The molecule has 2 aliphatic carbocycles. The van der Waals surface area contributed by atoms with Gasteiger partial charge in [-0.2, -0.15) is 0 Å². The van der Waals surface area contributed by atoms with E-state index in [1.807, 2.05) is 0 Å². The average molecular weight is 369 g/mol. The number of nitrogens with zero attached hydrogens (tertiary/aromatic N) is 4. The third-order valence-electron chi connectivity index (χ3n) is 6.37. The van der Waals surface area contributed by atoms with Gasteiger partial charge in [-0.25, -0.2) is 4.68 Å². The molecule has 0 spiro atoms. The van der Waals surface area contributed by atoms with E-state index in [9.17, 15) is 0 Å². The molecule has 2 aromatic rings. The predicted octanol–water partition coefficient (Wildman–Crippen LogP) is 3.44. The highest BCUT2D eigenvalue weighted by atomic mass is 15.6. The minimum Gasteiger partial charge on any atom is -0.328 e. The summed E-state index contributed by atoms with van der Waals surface area (Å²) in [6.07, 6.45) is 10.6. The van der Waals surface area contributed by atoms with Gasteiger partial charge in [0.1, 0.15) is 0 Å². The number of rotatable bonds is 5. The highest BCUT2D eigenvalue weighted by molar-refractivity contribution is 5.32. The first-order chi connectivity index (χ1) is 13.2. The molecule has 0 amide bonds. The van der Waals surface area contributed by atoms with Gasteiger partial charge in [-0.1, -0.05) is 43.5 Å². The molecule has 2 fully saturated rings. The van der Waals surface area contributed by atoms with Crippen LogP contribution in [0.1, 0.15) is 86.8 Å². The van der Waals surface area contributed by atoms with Crippen molar-refractivity contribution in [1.29, 1.82) is 0 Å². The molecule has 1 aromatic carbocycles. The van der Waals surface area contributed by atoms with Crippen molar-refractivity contribution in [3.63, 3.8) is 0 Å². The van der Waals surface area contributed by atoms with Gasteiger partial charge in [-0.05, 0) is 67.0 Å². The van der Waals surface area contributed by atoms with Crippen LogP contribution in [0, 0.1) is 6.92 Å². The zero-order valence-corrected chi connectivity index (χ0v) is 16.3. The van der Waals surface area contributed by atoms with E-state index < -0.39 is 0 Å². The third kappa shape index (κ3) is 4.22. The summed E-state index contributed by atoms with van der Waals surface area (Å²) in [6.45, 7) is 2.18. The Balaban J connectivity index is 1.64. The van der Waals surface area contributed by atoms with E-state index in [1.165, 1.54) is 43.2 Å². The Bertz CT molecular complexity index is 728. The summed E-state index contributed by atoms with van der Waals surface area (Å²) in [5, 5.41) is 16.9. The van der Waals surface area contributed by atoms with Gasteiger partial charge in [-0.3, -0.25) is 0 Å². The molecule has 1 aromatic heterocycles. The molecule has 2 saturated carbocycles. The van der Waals surface area contributed by atoms with E-state index in [1.54, 1.807) is 0 Å². The van der Waals surface area contributed by atoms with Crippen LogP contribution in [0.25, 0.3) is 0 Å². The average Bonchev–Trinajstić information content (AvgIpc) is 3.18. The Morgan fingerprint density at radius 3 is 2.52 bits per heavy atom. The molecule has 1 heterocycles. The van der Waals surface area contributed by atoms with Crippen LogP contribution < -0.4 is 11.1 Å². The molecule has 0 radical (unpaired) electrons. The molecule has 0 aliphatic heterocycles. The summed E-state index contributed by atoms with van der Waals surface area (Å²) in [4.78, 5) is 0. The van der Waals surface area contributed by atoms with Gasteiger partial charge < -0.3 is 11.1 Å². The predicted molar refractivity (Wildman–Crippen MR) is 106 cm³/mol. The highest BCUT2D eigenvalue weighted by Crippen LogP contribution is 2.32. The first-order valence-corrected chi connectivity index (χ1v) is 10.6. The number of nitrogens with one attached hydrogen (secondary N) is 1. The Morgan fingerprint density at radius 2 is 1.78 bits per heavy atom. The van der Waals surface area contributed by atoms with Gasteiger partial charge in [0.25, 0.3) is 0 Å². The van der Waals surface area contributed by atoms with Crippen LogP contribution in [0.5, 0.6) is 0 Å². The van der Waals surface area contributed by atoms with Crippen molar-refractivity contribution < 1.29 is 0 Å². The molecule has 27 heavy (non-hydrogen) atoms. The van der Waals surface area contributed by atoms with Crippen molar-refractivity contribution in [2.24, 2.45) is 5.73 Å². The van der Waals surface area contributed by atoms with Gasteiger partial charge in [0.15, 0.2) is 5.82 Å². The molecule has 3 N–H and O–H groups in total. The summed E-state index contributed by atoms with van der Waals surface area (Å²) in [5.41, 5.74) is 8.67. The molecular weight excluding hydrogens is 336 g/mol. The van der Waals surface area contributed by atoms with Crippen LogP contribution in [-0.4, -0.2) is 32.3 Å². The lowest BCUT2D eigenvalue weighted by Gasteiger charge is -2.32. The van der Waals surface area contributed by atoms with E-state index in [-0.39, 0.29) is 6.04 Å². The highest BCUT2D eigenvalue weighted by Gasteiger charge is 2.30. The van der Waals surface area contributed by atoms with Crippen molar-refractivity contribution in [2.45, 2.75) is 88.9 Å². The number of nitrogens with two attached hydrogens (primary N) is 1. The number of aromatic nitrogens is 4. The number of hydrogen-bond acceptors (Lipinski definition) is 5. The van der Waals surface area contributed by atoms with E-state index >= 15 is 0 Å². The second-order valence-electron chi connectivity index (χ2n) is 8.34. The molecule has 6 heteroatoms. The molecule has 4 rings (SSSR count). The zero-order valence-electron chi connectivity index (χ0n) is 16.3. The molecule has 1 atom stereocenters. The maximum Gasteiger partial charge on any atom is 0.173 e. The smallest absolute Gasteiger partial charge is 0.173 e. The summed E-state index contributed by atoms with van der Waals surface area (Å²) in [5.74, 6) is 0.964. The van der Waals surface area contributed by atoms with Crippen LogP contribution in [0.2, 0.25) is 0 Å². The van der Waals surface area contributed by atoms with Crippen molar-refractivity contribution in [2.75, 3.05) is 0 Å². The fourth-order valence-electron chi connectivity index (χ4n) is 4.71. The first kappa shape index (κ1) is 18.6. The van der Waals surface area contributed by atoms with Gasteiger partial charge in [0, 0.05) is 12.1 Å². The van der Waals surface area contributed by atoms with Crippen LogP contribution >= 0.6 is 0 Å². The minimum atomic E-state index is 0.0300. The van der Waals surface area contributed by atoms with Crippen molar-refractivity contribution >= 4 is 0 Å². The largest absolute Gasteiger partial charge is 0.328 e.